The molecule has 2 aliphatic heterocycles. The Morgan fingerprint density at radius 1 is 1.69 bits per heavy atom. The van der Waals surface area contributed by atoms with Crippen molar-refractivity contribution in [2.45, 2.75) is 31.6 Å². The topological polar surface area (TPSA) is 63.5 Å². The van der Waals surface area contributed by atoms with Crippen LogP contribution in [0.2, 0.25) is 0 Å². The second kappa shape index (κ2) is 3.49. The molecule has 0 radical (unpaired) electrons. The van der Waals surface area contributed by atoms with Crippen molar-refractivity contribution < 1.29 is 0 Å². The maximum absolute atomic E-state index is 9.04. The summed E-state index contributed by atoms with van der Waals surface area (Å²) >= 11 is 0. The molecule has 2 atom stereocenters. The van der Waals surface area contributed by atoms with E-state index in [2.05, 4.69) is 26.6 Å². The SMILES string of the molecule is CNC1C(C#N)=CNC2=NC(CC3CC3)N21. The van der Waals surface area contributed by atoms with E-state index in [9.17, 15) is 0 Å². The van der Waals surface area contributed by atoms with Crippen molar-refractivity contribution in [3.63, 3.8) is 0 Å². The van der Waals surface area contributed by atoms with Crippen molar-refractivity contribution in [1.29, 1.82) is 5.26 Å². The summed E-state index contributed by atoms with van der Waals surface area (Å²) in [6, 6.07) is 2.22. The van der Waals surface area contributed by atoms with E-state index >= 15 is 0 Å². The molecule has 5 nitrogen and oxygen atoms in total. The third kappa shape index (κ3) is 1.38. The van der Waals surface area contributed by atoms with Crippen LogP contribution in [0.5, 0.6) is 0 Å². The third-order valence-corrected chi connectivity index (χ3v) is 3.41. The van der Waals surface area contributed by atoms with Crippen LogP contribution in [0.15, 0.2) is 16.8 Å². The lowest BCUT2D eigenvalue weighted by Gasteiger charge is -2.46. The first-order chi connectivity index (χ1) is 7.83. The molecule has 2 unspecified atom stereocenters. The molecule has 0 saturated heterocycles. The molecule has 0 aromatic heterocycles. The molecule has 0 aromatic carbocycles. The Hall–Kier alpha value is -1.54. The first-order valence-corrected chi connectivity index (χ1v) is 5.73. The Kier molecular flexibility index (Phi) is 2.11. The van der Waals surface area contributed by atoms with Crippen LogP contribution in [-0.2, 0) is 0 Å². The highest BCUT2D eigenvalue weighted by molar-refractivity contribution is 5.87. The van der Waals surface area contributed by atoms with E-state index in [0.29, 0.717) is 0 Å². The molecule has 0 spiro atoms. The van der Waals surface area contributed by atoms with Crippen molar-refractivity contribution in [2.75, 3.05) is 7.05 Å². The summed E-state index contributed by atoms with van der Waals surface area (Å²) in [5.74, 6) is 1.74. The molecular weight excluding hydrogens is 202 g/mol. The van der Waals surface area contributed by atoms with Crippen LogP contribution in [0.3, 0.4) is 0 Å². The van der Waals surface area contributed by atoms with Crippen molar-refractivity contribution in [3.05, 3.63) is 11.8 Å². The van der Waals surface area contributed by atoms with Gasteiger partial charge in [-0.3, -0.25) is 10.2 Å². The molecular formula is C11H15N5. The maximum atomic E-state index is 9.04. The van der Waals surface area contributed by atoms with Crippen LogP contribution in [0.25, 0.3) is 0 Å². The predicted molar refractivity (Wildman–Crippen MR) is 60.1 cm³/mol. The van der Waals surface area contributed by atoms with Gasteiger partial charge in [-0.15, -0.1) is 0 Å². The summed E-state index contributed by atoms with van der Waals surface area (Å²) in [7, 11) is 1.88. The molecule has 1 fully saturated rings. The minimum absolute atomic E-state index is 0.0116. The minimum atomic E-state index is -0.0116. The molecule has 5 heteroatoms. The van der Waals surface area contributed by atoms with Crippen molar-refractivity contribution >= 4 is 5.96 Å². The van der Waals surface area contributed by atoms with Gasteiger partial charge in [0, 0.05) is 6.20 Å². The van der Waals surface area contributed by atoms with E-state index in [4.69, 9.17) is 5.26 Å². The van der Waals surface area contributed by atoms with Gasteiger partial charge in [-0.05, 0) is 19.4 Å². The van der Waals surface area contributed by atoms with E-state index in [0.717, 1.165) is 23.9 Å². The average Bonchev–Trinajstić information content (AvgIpc) is 3.08. The number of aliphatic imine (C=N–C) groups is 1. The molecule has 3 aliphatic rings. The standard InChI is InChI=1S/C11H15N5/c1-13-10-8(5-12)6-14-11-15-9(16(10)11)4-7-2-3-7/h6-7,9-10,13H,2-4H2,1H3,(H,14,15). The zero-order valence-corrected chi connectivity index (χ0v) is 9.27. The quantitative estimate of drug-likeness (QED) is 0.715. The predicted octanol–water partition coefficient (Wildman–Crippen LogP) is 0.340. The summed E-state index contributed by atoms with van der Waals surface area (Å²) in [6.45, 7) is 0. The van der Waals surface area contributed by atoms with Crippen molar-refractivity contribution in [2.24, 2.45) is 10.9 Å². The molecule has 16 heavy (non-hydrogen) atoms. The molecule has 1 aliphatic carbocycles. The van der Waals surface area contributed by atoms with Gasteiger partial charge in [-0.1, -0.05) is 12.8 Å². The fourth-order valence-electron chi connectivity index (χ4n) is 2.34. The van der Waals surface area contributed by atoms with Crippen LogP contribution in [0.4, 0.5) is 0 Å². The first-order valence-electron chi connectivity index (χ1n) is 5.73. The number of rotatable bonds is 3. The second-order valence-corrected chi connectivity index (χ2v) is 4.57. The molecule has 1 saturated carbocycles. The number of nitrogens with zero attached hydrogens (tertiary/aromatic N) is 3. The first kappa shape index (κ1) is 9.67. The van der Waals surface area contributed by atoms with Gasteiger partial charge in [-0.25, -0.2) is 4.99 Å². The molecule has 0 bridgehead atoms. The summed E-state index contributed by atoms with van der Waals surface area (Å²) in [5.41, 5.74) is 0.724. The van der Waals surface area contributed by atoms with Gasteiger partial charge in [-0.2, -0.15) is 5.26 Å². The lowest BCUT2D eigenvalue weighted by atomic mass is 10.1. The number of likely N-dealkylation sites (N-methyl/N-ethyl adjacent to an activating group) is 1. The summed E-state index contributed by atoms with van der Waals surface area (Å²) in [4.78, 5) is 6.71. The van der Waals surface area contributed by atoms with Crippen molar-refractivity contribution in [1.82, 2.24) is 15.5 Å². The Morgan fingerprint density at radius 2 is 2.50 bits per heavy atom. The van der Waals surface area contributed by atoms with Crippen LogP contribution < -0.4 is 10.6 Å². The number of hydrogen-bond acceptors (Lipinski definition) is 5. The normalized spacial score (nSPS) is 31.6. The van der Waals surface area contributed by atoms with E-state index in [1.54, 1.807) is 6.20 Å². The fourth-order valence-corrected chi connectivity index (χ4v) is 2.34. The Bertz CT molecular complexity index is 401. The largest absolute Gasteiger partial charge is 0.332 e. The maximum Gasteiger partial charge on any atom is 0.203 e. The lowest BCUT2D eigenvalue weighted by molar-refractivity contribution is 0.175. The van der Waals surface area contributed by atoms with Gasteiger partial charge in [0.05, 0.1) is 11.6 Å². The van der Waals surface area contributed by atoms with Gasteiger partial charge in [0.1, 0.15) is 12.3 Å². The molecule has 3 rings (SSSR count). The Balaban J connectivity index is 1.77. The summed E-state index contributed by atoms with van der Waals surface area (Å²) < 4.78 is 0. The number of guanidine groups is 1. The lowest BCUT2D eigenvalue weighted by Crippen LogP contribution is -2.64. The minimum Gasteiger partial charge on any atom is -0.332 e. The Labute approximate surface area is 94.8 Å². The highest BCUT2D eigenvalue weighted by Gasteiger charge is 2.42. The third-order valence-electron chi connectivity index (χ3n) is 3.41. The number of nitriles is 1. The summed E-state index contributed by atoms with van der Waals surface area (Å²) in [6.07, 6.45) is 5.79. The molecule has 0 aromatic rings. The number of fused-ring (bicyclic) bond motifs is 1. The van der Waals surface area contributed by atoms with Gasteiger partial charge in [0.25, 0.3) is 0 Å². The number of nitrogens with one attached hydrogen (secondary N) is 2. The van der Waals surface area contributed by atoms with Crippen LogP contribution in [0.1, 0.15) is 19.3 Å². The van der Waals surface area contributed by atoms with Gasteiger partial charge >= 0.3 is 0 Å². The molecule has 2 heterocycles. The second-order valence-electron chi connectivity index (χ2n) is 4.57. The molecule has 0 amide bonds. The Morgan fingerprint density at radius 3 is 3.12 bits per heavy atom. The molecule has 84 valence electrons. The molecule has 2 N–H and O–H groups in total. The van der Waals surface area contributed by atoms with E-state index in [-0.39, 0.29) is 12.3 Å². The highest BCUT2D eigenvalue weighted by atomic mass is 15.5. The smallest absolute Gasteiger partial charge is 0.203 e. The van der Waals surface area contributed by atoms with Crippen LogP contribution in [0, 0.1) is 17.2 Å². The summed E-state index contributed by atoms with van der Waals surface area (Å²) in [5, 5.41) is 15.3. The van der Waals surface area contributed by atoms with Gasteiger partial charge in [0.2, 0.25) is 5.96 Å². The van der Waals surface area contributed by atoms with Crippen LogP contribution in [-0.4, -0.2) is 30.2 Å². The zero-order chi connectivity index (χ0) is 11.1. The zero-order valence-electron chi connectivity index (χ0n) is 9.27. The average molecular weight is 217 g/mol. The fraction of sp³-hybridized carbons (Fsp3) is 0.636. The van der Waals surface area contributed by atoms with Gasteiger partial charge in [0.15, 0.2) is 0 Å². The number of hydrogen-bond donors (Lipinski definition) is 2. The van der Waals surface area contributed by atoms with E-state index < -0.39 is 0 Å². The van der Waals surface area contributed by atoms with Crippen molar-refractivity contribution in [3.8, 4) is 6.07 Å². The monoisotopic (exact) mass is 217 g/mol. The van der Waals surface area contributed by atoms with E-state index in [1.165, 1.54) is 12.8 Å². The van der Waals surface area contributed by atoms with E-state index in [1.807, 2.05) is 7.05 Å². The highest BCUT2D eigenvalue weighted by Crippen LogP contribution is 2.38. The van der Waals surface area contributed by atoms with Gasteiger partial charge < -0.3 is 5.32 Å². The van der Waals surface area contributed by atoms with Crippen LogP contribution >= 0.6 is 0 Å².